The molecule has 17 heavy (non-hydrogen) atoms. The fourth-order valence-corrected chi connectivity index (χ4v) is 2.55. The highest BCUT2D eigenvalue weighted by Gasteiger charge is 2.11. The molecule has 0 amide bonds. The molecule has 1 N–H and O–H groups in total. The molecule has 0 atom stereocenters. The van der Waals surface area contributed by atoms with Gasteiger partial charge in [0.05, 0.1) is 13.2 Å². The second-order valence-corrected chi connectivity index (χ2v) is 5.43. The summed E-state index contributed by atoms with van der Waals surface area (Å²) in [4.78, 5) is 0. The molecule has 0 unspecified atom stereocenters. The highest BCUT2D eigenvalue weighted by atomic mass is 32.2. The number of thiocarbonyl (C=S) groups is 1. The lowest BCUT2D eigenvalue weighted by Gasteiger charge is -2.27. The van der Waals surface area contributed by atoms with E-state index in [1.807, 2.05) is 18.2 Å². The van der Waals surface area contributed by atoms with Gasteiger partial charge in [-0.05, 0) is 5.56 Å². The first kappa shape index (κ1) is 12.8. The fourth-order valence-electron chi connectivity index (χ4n) is 1.56. The molecule has 1 fully saturated rings. The first-order valence-electron chi connectivity index (χ1n) is 5.64. The Bertz CT molecular complexity index is 353. The maximum Gasteiger partial charge on any atom is 0.148 e. The third-order valence-corrected chi connectivity index (χ3v) is 3.75. The summed E-state index contributed by atoms with van der Waals surface area (Å²) in [6.07, 6.45) is 0. The number of benzene rings is 1. The van der Waals surface area contributed by atoms with Crippen LogP contribution >= 0.6 is 24.0 Å². The molecule has 0 aliphatic carbocycles. The number of hydrogen-bond donors (Lipinski definition) is 1. The fraction of sp³-hybridized carbons (Fsp3) is 0.417. The number of morpholine rings is 1. The Kier molecular flexibility index (Phi) is 5.25. The maximum atomic E-state index is 5.30. The van der Waals surface area contributed by atoms with Gasteiger partial charge < -0.3 is 10.2 Å². The Morgan fingerprint density at radius 3 is 2.71 bits per heavy atom. The minimum absolute atomic E-state index is 0.777. The molecule has 1 aromatic rings. The number of hydrogen-bond acceptors (Lipinski definition) is 4. The third kappa shape index (κ3) is 4.63. The van der Waals surface area contributed by atoms with Gasteiger partial charge in [-0.2, -0.15) is 0 Å². The Morgan fingerprint density at radius 2 is 2.00 bits per heavy atom. The molecular formula is C12H16N2OS2. The summed E-state index contributed by atoms with van der Waals surface area (Å²) in [6, 6.07) is 10.4. The van der Waals surface area contributed by atoms with Crippen molar-refractivity contribution in [2.45, 2.75) is 5.75 Å². The number of nitrogens with one attached hydrogen (secondary N) is 1. The Morgan fingerprint density at radius 1 is 1.29 bits per heavy atom. The van der Waals surface area contributed by atoms with Gasteiger partial charge >= 0.3 is 0 Å². The van der Waals surface area contributed by atoms with Crippen molar-refractivity contribution in [3.8, 4) is 0 Å². The summed E-state index contributed by atoms with van der Waals surface area (Å²) in [7, 11) is 0. The van der Waals surface area contributed by atoms with Gasteiger partial charge in [-0.25, -0.2) is 5.01 Å². The monoisotopic (exact) mass is 268 g/mol. The van der Waals surface area contributed by atoms with E-state index in [1.54, 1.807) is 11.8 Å². The number of nitrogens with zero attached hydrogens (tertiary/aromatic N) is 1. The summed E-state index contributed by atoms with van der Waals surface area (Å²) in [5.41, 5.74) is 4.53. The van der Waals surface area contributed by atoms with E-state index in [9.17, 15) is 0 Å². The van der Waals surface area contributed by atoms with Crippen molar-refractivity contribution in [3.63, 3.8) is 0 Å². The highest BCUT2D eigenvalue weighted by Crippen LogP contribution is 2.12. The normalized spacial score (nSPS) is 16.7. The van der Waals surface area contributed by atoms with Crippen molar-refractivity contribution >= 4 is 28.3 Å². The van der Waals surface area contributed by atoms with Crippen LogP contribution in [-0.2, 0) is 10.5 Å². The van der Waals surface area contributed by atoms with Crippen LogP contribution in [0.4, 0.5) is 0 Å². The van der Waals surface area contributed by atoms with E-state index < -0.39 is 0 Å². The van der Waals surface area contributed by atoms with Gasteiger partial charge in [-0.3, -0.25) is 0 Å². The van der Waals surface area contributed by atoms with Crippen LogP contribution in [0, 0.1) is 0 Å². The van der Waals surface area contributed by atoms with Crippen LogP contribution in [0.15, 0.2) is 30.3 Å². The lowest BCUT2D eigenvalue weighted by atomic mass is 10.2. The lowest BCUT2D eigenvalue weighted by Crippen LogP contribution is -2.47. The molecule has 5 heteroatoms. The van der Waals surface area contributed by atoms with Crippen LogP contribution in [0.1, 0.15) is 5.56 Å². The summed E-state index contributed by atoms with van der Waals surface area (Å²) in [6.45, 7) is 3.34. The maximum absolute atomic E-state index is 5.30. The van der Waals surface area contributed by atoms with E-state index in [1.165, 1.54) is 5.56 Å². The number of thioether (sulfide) groups is 1. The minimum Gasteiger partial charge on any atom is -0.379 e. The summed E-state index contributed by atoms with van der Waals surface area (Å²) in [5.74, 6) is 0.914. The molecule has 0 radical (unpaired) electrons. The molecule has 1 heterocycles. The van der Waals surface area contributed by atoms with E-state index in [0.717, 1.165) is 36.4 Å². The van der Waals surface area contributed by atoms with Crippen LogP contribution in [0.25, 0.3) is 0 Å². The first-order chi connectivity index (χ1) is 8.34. The molecule has 1 aliphatic heterocycles. The largest absolute Gasteiger partial charge is 0.379 e. The van der Waals surface area contributed by atoms with Crippen LogP contribution in [0.5, 0.6) is 0 Å². The predicted molar refractivity (Wildman–Crippen MR) is 75.9 cm³/mol. The third-order valence-electron chi connectivity index (χ3n) is 2.47. The van der Waals surface area contributed by atoms with Crippen molar-refractivity contribution in [1.82, 2.24) is 10.4 Å². The summed E-state index contributed by atoms with van der Waals surface area (Å²) < 4.78 is 6.11. The Labute approximate surface area is 111 Å². The van der Waals surface area contributed by atoms with Crippen molar-refractivity contribution in [2.24, 2.45) is 0 Å². The molecule has 92 valence electrons. The van der Waals surface area contributed by atoms with Crippen LogP contribution in [-0.4, -0.2) is 35.6 Å². The zero-order chi connectivity index (χ0) is 11.9. The van der Waals surface area contributed by atoms with Crippen molar-refractivity contribution in [3.05, 3.63) is 35.9 Å². The molecule has 3 nitrogen and oxygen atoms in total. The molecule has 0 spiro atoms. The molecule has 0 saturated carbocycles. The van der Waals surface area contributed by atoms with Gasteiger partial charge in [-0.15, -0.1) is 0 Å². The van der Waals surface area contributed by atoms with E-state index in [-0.39, 0.29) is 0 Å². The van der Waals surface area contributed by atoms with Crippen molar-refractivity contribution < 1.29 is 4.74 Å². The predicted octanol–water partition coefficient (Wildman–Crippen LogP) is 2.04. The van der Waals surface area contributed by atoms with Crippen LogP contribution < -0.4 is 5.43 Å². The molecule has 2 rings (SSSR count). The zero-order valence-corrected chi connectivity index (χ0v) is 11.2. The SMILES string of the molecule is S=C(NN1CCOCC1)SCc1ccccc1. The second kappa shape index (κ2) is 6.96. The van der Waals surface area contributed by atoms with E-state index >= 15 is 0 Å². The van der Waals surface area contributed by atoms with E-state index in [4.69, 9.17) is 17.0 Å². The Balaban J connectivity index is 1.70. The standard InChI is InChI=1S/C12H16N2OS2/c16-12(13-14-6-8-15-9-7-14)17-10-11-4-2-1-3-5-11/h1-5H,6-10H2,(H,13,16). The van der Waals surface area contributed by atoms with Gasteiger partial charge in [0.1, 0.15) is 4.32 Å². The molecule has 0 aromatic heterocycles. The molecular weight excluding hydrogens is 252 g/mol. The molecule has 1 aromatic carbocycles. The van der Waals surface area contributed by atoms with Gasteiger partial charge in [0.15, 0.2) is 0 Å². The average molecular weight is 268 g/mol. The average Bonchev–Trinajstić information content (AvgIpc) is 2.39. The molecule has 0 bridgehead atoms. The first-order valence-corrected chi connectivity index (χ1v) is 7.04. The lowest BCUT2D eigenvalue weighted by molar-refractivity contribution is 0.0257. The summed E-state index contributed by atoms with van der Waals surface area (Å²) >= 11 is 6.96. The topological polar surface area (TPSA) is 24.5 Å². The van der Waals surface area contributed by atoms with Gasteiger partial charge in [0.25, 0.3) is 0 Å². The van der Waals surface area contributed by atoms with E-state index in [0.29, 0.717) is 0 Å². The van der Waals surface area contributed by atoms with Gasteiger partial charge in [0.2, 0.25) is 0 Å². The number of hydrazine groups is 1. The van der Waals surface area contributed by atoms with Crippen LogP contribution in [0.2, 0.25) is 0 Å². The van der Waals surface area contributed by atoms with Crippen molar-refractivity contribution in [2.75, 3.05) is 26.3 Å². The smallest absolute Gasteiger partial charge is 0.148 e. The zero-order valence-electron chi connectivity index (χ0n) is 9.59. The Hall–Kier alpha value is -0.620. The van der Waals surface area contributed by atoms with Crippen LogP contribution in [0.3, 0.4) is 0 Å². The van der Waals surface area contributed by atoms with E-state index in [2.05, 4.69) is 22.6 Å². The molecule has 1 aliphatic rings. The highest BCUT2D eigenvalue weighted by molar-refractivity contribution is 8.22. The summed E-state index contributed by atoms with van der Waals surface area (Å²) in [5, 5.41) is 2.11. The number of ether oxygens (including phenoxy) is 1. The van der Waals surface area contributed by atoms with Crippen molar-refractivity contribution in [1.29, 1.82) is 0 Å². The second-order valence-electron chi connectivity index (χ2n) is 3.77. The van der Waals surface area contributed by atoms with Gasteiger partial charge in [0, 0.05) is 18.8 Å². The number of rotatable bonds is 3. The molecule has 1 saturated heterocycles. The quantitative estimate of drug-likeness (QED) is 0.846. The minimum atomic E-state index is 0.777. The van der Waals surface area contributed by atoms with Gasteiger partial charge in [-0.1, -0.05) is 54.3 Å².